The quantitative estimate of drug-likeness (QED) is 0.827. The molecule has 3 nitrogen and oxygen atoms in total. The smallest absolute Gasteiger partial charge is 0.133 e. The summed E-state index contributed by atoms with van der Waals surface area (Å²) in [5.74, 6) is 1.40. The van der Waals surface area contributed by atoms with Crippen molar-refractivity contribution in [1.29, 1.82) is 0 Å². The first kappa shape index (κ1) is 12.7. The number of aliphatic hydroxyl groups is 1. The lowest BCUT2D eigenvalue weighted by Gasteiger charge is -2.24. The van der Waals surface area contributed by atoms with E-state index >= 15 is 0 Å². The van der Waals surface area contributed by atoms with Crippen LogP contribution in [-0.2, 0) is 0 Å². The largest absolute Gasteiger partial charge is 0.467 e. The Morgan fingerprint density at radius 1 is 1.35 bits per heavy atom. The van der Waals surface area contributed by atoms with Crippen LogP contribution >= 0.6 is 0 Å². The van der Waals surface area contributed by atoms with E-state index in [-0.39, 0.29) is 6.04 Å². The molecule has 2 atom stereocenters. The number of hydrogen-bond acceptors (Lipinski definition) is 3. The highest BCUT2D eigenvalue weighted by molar-refractivity contribution is 5.04. The zero-order chi connectivity index (χ0) is 12.1. The monoisotopic (exact) mass is 237 g/mol. The van der Waals surface area contributed by atoms with Crippen molar-refractivity contribution in [3.05, 3.63) is 24.2 Å². The zero-order valence-corrected chi connectivity index (χ0v) is 10.3. The van der Waals surface area contributed by atoms with E-state index in [0.29, 0.717) is 5.76 Å². The second-order valence-electron chi connectivity index (χ2n) is 5.21. The van der Waals surface area contributed by atoms with E-state index in [1.54, 1.807) is 18.4 Å². The number of hydrogen-bond donors (Lipinski definition) is 2. The van der Waals surface area contributed by atoms with Crippen molar-refractivity contribution in [2.45, 2.75) is 57.1 Å². The van der Waals surface area contributed by atoms with Gasteiger partial charge in [-0.2, -0.15) is 0 Å². The predicted molar refractivity (Wildman–Crippen MR) is 67.5 cm³/mol. The minimum absolute atomic E-state index is 0.205. The summed E-state index contributed by atoms with van der Waals surface area (Å²) in [4.78, 5) is 0. The standard InChI is InChI=1S/C14H23NO2/c15-12(14(16)13-7-4-10-17-13)9-8-11-5-2-1-3-6-11/h4,7,10-12,14,16H,1-3,5-6,8-9,15H2/t12-,14+/m1/s1. The molecule has 17 heavy (non-hydrogen) atoms. The van der Waals surface area contributed by atoms with Crippen LogP contribution in [0.3, 0.4) is 0 Å². The van der Waals surface area contributed by atoms with Gasteiger partial charge in [0, 0.05) is 6.04 Å². The van der Waals surface area contributed by atoms with Crippen LogP contribution in [0, 0.1) is 5.92 Å². The summed E-state index contributed by atoms with van der Waals surface area (Å²) in [6.07, 6.45) is 9.72. The van der Waals surface area contributed by atoms with E-state index in [0.717, 1.165) is 18.8 Å². The van der Waals surface area contributed by atoms with Gasteiger partial charge in [-0.3, -0.25) is 0 Å². The molecule has 0 bridgehead atoms. The Kier molecular flexibility index (Phi) is 4.63. The van der Waals surface area contributed by atoms with Crippen LogP contribution in [0.15, 0.2) is 22.8 Å². The molecule has 0 spiro atoms. The molecule has 3 N–H and O–H groups in total. The van der Waals surface area contributed by atoms with Crippen molar-refractivity contribution in [1.82, 2.24) is 0 Å². The molecular formula is C14H23NO2. The van der Waals surface area contributed by atoms with Gasteiger partial charge in [-0.25, -0.2) is 0 Å². The molecule has 0 radical (unpaired) electrons. The van der Waals surface area contributed by atoms with E-state index in [4.69, 9.17) is 10.2 Å². The van der Waals surface area contributed by atoms with E-state index in [1.165, 1.54) is 32.1 Å². The highest BCUT2D eigenvalue weighted by Crippen LogP contribution is 2.29. The maximum absolute atomic E-state index is 9.99. The topological polar surface area (TPSA) is 59.4 Å². The lowest BCUT2D eigenvalue weighted by molar-refractivity contribution is 0.113. The van der Waals surface area contributed by atoms with E-state index in [2.05, 4.69) is 0 Å². The first-order chi connectivity index (χ1) is 8.27. The Morgan fingerprint density at radius 2 is 2.12 bits per heavy atom. The van der Waals surface area contributed by atoms with Gasteiger partial charge in [0.1, 0.15) is 11.9 Å². The third-order valence-electron chi connectivity index (χ3n) is 3.87. The molecule has 1 saturated carbocycles. The fraction of sp³-hybridized carbons (Fsp3) is 0.714. The fourth-order valence-corrected chi connectivity index (χ4v) is 2.73. The van der Waals surface area contributed by atoms with Crippen molar-refractivity contribution in [2.24, 2.45) is 11.7 Å². The average Bonchev–Trinajstić information content (AvgIpc) is 2.90. The molecule has 1 heterocycles. The third kappa shape index (κ3) is 3.58. The van der Waals surface area contributed by atoms with E-state index in [1.807, 2.05) is 0 Å². The Bertz CT molecular complexity index is 304. The lowest BCUT2D eigenvalue weighted by Crippen LogP contribution is -2.29. The fourth-order valence-electron chi connectivity index (χ4n) is 2.73. The number of rotatable bonds is 5. The molecule has 96 valence electrons. The Hall–Kier alpha value is -0.800. The molecule has 0 aliphatic heterocycles. The molecular weight excluding hydrogens is 214 g/mol. The number of furan rings is 1. The minimum Gasteiger partial charge on any atom is -0.467 e. The lowest BCUT2D eigenvalue weighted by atomic mass is 9.84. The molecule has 1 fully saturated rings. The van der Waals surface area contributed by atoms with Gasteiger partial charge >= 0.3 is 0 Å². The normalized spacial score (nSPS) is 21.3. The van der Waals surface area contributed by atoms with Gasteiger partial charge in [-0.1, -0.05) is 32.1 Å². The van der Waals surface area contributed by atoms with Gasteiger partial charge in [0.05, 0.1) is 6.26 Å². The molecule has 0 unspecified atom stereocenters. The van der Waals surface area contributed by atoms with Crippen LogP contribution in [0.5, 0.6) is 0 Å². The summed E-state index contributed by atoms with van der Waals surface area (Å²) in [5.41, 5.74) is 6.02. The van der Waals surface area contributed by atoms with Crippen LogP contribution < -0.4 is 5.73 Å². The van der Waals surface area contributed by atoms with Crippen LogP contribution in [0.25, 0.3) is 0 Å². The maximum Gasteiger partial charge on any atom is 0.133 e. The van der Waals surface area contributed by atoms with Crippen LogP contribution in [0.2, 0.25) is 0 Å². The molecule has 0 amide bonds. The summed E-state index contributed by atoms with van der Waals surface area (Å²) >= 11 is 0. The van der Waals surface area contributed by atoms with Gasteiger partial charge in [0.25, 0.3) is 0 Å². The van der Waals surface area contributed by atoms with Crippen LogP contribution in [-0.4, -0.2) is 11.1 Å². The minimum atomic E-state index is -0.659. The summed E-state index contributed by atoms with van der Waals surface area (Å²) in [6, 6.07) is 3.36. The van der Waals surface area contributed by atoms with Gasteiger partial charge in [-0.05, 0) is 30.9 Å². The van der Waals surface area contributed by atoms with Crippen molar-refractivity contribution in [2.75, 3.05) is 0 Å². The van der Waals surface area contributed by atoms with Crippen molar-refractivity contribution >= 4 is 0 Å². The average molecular weight is 237 g/mol. The van der Waals surface area contributed by atoms with E-state index < -0.39 is 6.10 Å². The van der Waals surface area contributed by atoms with Gasteiger partial charge < -0.3 is 15.3 Å². The summed E-state index contributed by atoms with van der Waals surface area (Å²) < 4.78 is 5.18. The first-order valence-electron chi connectivity index (χ1n) is 6.74. The zero-order valence-electron chi connectivity index (χ0n) is 10.3. The Labute approximate surface area is 103 Å². The van der Waals surface area contributed by atoms with Gasteiger partial charge in [0.2, 0.25) is 0 Å². The molecule has 3 heteroatoms. The van der Waals surface area contributed by atoms with Crippen LogP contribution in [0.4, 0.5) is 0 Å². The summed E-state index contributed by atoms with van der Waals surface area (Å²) in [5, 5.41) is 9.99. The van der Waals surface area contributed by atoms with Crippen molar-refractivity contribution in [3.8, 4) is 0 Å². The summed E-state index contributed by atoms with van der Waals surface area (Å²) in [7, 11) is 0. The van der Waals surface area contributed by atoms with Gasteiger partial charge in [0.15, 0.2) is 0 Å². The first-order valence-corrected chi connectivity index (χ1v) is 6.74. The second-order valence-corrected chi connectivity index (χ2v) is 5.21. The Balaban J connectivity index is 1.74. The predicted octanol–water partition coefficient (Wildman–Crippen LogP) is 3.00. The molecule has 2 rings (SSSR count). The Morgan fingerprint density at radius 3 is 2.76 bits per heavy atom. The van der Waals surface area contributed by atoms with Gasteiger partial charge in [-0.15, -0.1) is 0 Å². The van der Waals surface area contributed by atoms with Crippen molar-refractivity contribution in [3.63, 3.8) is 0 Å². The molecule has 0 aromatic carbocycles. The highest BCUT2D eigenvalue weighted by Gasteiger charge is 2.21. The van der Waals surface area contributed by atoms with Crippen molar-refractivity contribution < 1.29 is 9.52 Å². The second kappa shape index (κ2) is 6.22. The maximum atomic E-state index is 9.99. The van der Waals surface area contributed by atoms with E-state index in [9.17, 15) is 5.11 Å². The van der Waals surface area contributed by atoms with Crippen LogP contribution in [0.1, 0.15) is 56.8 Å². The summed E-state index contributed by atoms with van der Waals surface area (Å²) in [6.45, 7) is 0. The molecule has 1 aromatic heterocycles. The molecule has 0 saturated heterocycles. The SMILES string of the molecule is N[C@H](CCC1CCCCC1)[C@H](O)c1ccco1. The number of nitrogens with two attached hydrogens (primary N) is 1. The number of aliphatic hydroxyl groups excluding tert-OH is 1. The molecule has 1 aliphatic rings. The molecule has 1 aromatic rings. The molecule has 1 aliphatic carbocycles. The highest BCUT2D eigenvalue weighted by atomic mass is 16.4. The third-order valence-corrected chi connectivity index (χ3v) is 3.87.